The third-order valence-electron chi connectivity index (χ3n) is 7.89. The number of benzene rings is 4. The molecule has 2 nitrogen and oxygen atoms in total. The Kier molecular flexibility index (Phi) is 3.83. The summed E-state index contributed by atoms with van der Waals surface area (Å²) in [6, 6.07) is 31.2. The monoisotopic (exact) mass is 460 g/mol. The average molecular weight is 461 g/mol. The molecule has 2 aromatic heterocycles. The van der Waals surface area contributed by atoms with Gasteiger partial charge in [-0.2, -0.15) is 0 Å². The molecule has 36 heavy (non-hydrogen) atoms. The number of nitrogens with one attached hydrogen (secondary N) is 2. The molecule has 0 saturated heterocycles. The van der Waals surface area contributed by atoms with Crippen molar-refractivity contribution in [2.45, 2.75) is 13.8 Å². The maximum absolute atomic E-state index is 3.53. The molecule has 2 heterocycles. The summed E-state index contributed by atoms with van der Waals surface area (Å²) in [6.45, 7) is 4.39. The van der Waals surface area contributed by atoms with Crippen LogP contribution in [0.2, 0.25) is 0 Å². The van der Waals surface area contributed by atoms with Crippen LogP contribution >= 0.6 is 0 Å². The van der Waals surface area contributed by atoms with E-state index in [0.717, 1.165) is 0 Å². The van der Waals surface area contributed by atoms with E-state index in [1.807, 2.05) is 0 Å². The minimum atomic E-state index is 1.17. The number of rotatable bonds is 2. The lowest BCUT2D eigenvalue weighted by molar-refractivity contribution is 1.42. The number of para-hydroxylation sites is 2. The van der Waals surface area contributed by atoms with Gasteiger partial charge in [0, 0.05) is 56.5 Å². The molecule has 2 heteroatoms. The molecule has 8 rings (SSSR count). The molecule has 0 aliphatic heterocycles. The average Bonchev–Trinajstić information content (AvgIpc) is 3.64. The van der Waals surface area contributed by atoms with Crippen LogP contribution in [-0.4, -0.2) is 9.97 Å². The van der Waals surface area contributed by atoms with Crippen molar-refractivity contribution in [2.75, 3.05) is 0 Å². The van der Waals surface area contributed by atoms with Crippen LogP contribution in [0.5, 0.6) is 0 Å². The van der Waals surface area contributed by atoms with Gasteiger partial charge >= 0.3 is 0 Å². The second kappa shape index (κ2) is 6.99. The highest BCUT2D eigenvalue weighted by molar-refractivity contribution is 6.37. The molecule has 0 spiro atoms. The number of aryl methyl sites for hydroxylation is 2. The third kappa shape index (κ3) is 2.51. The number of hydrogen-bond donors (Lipinski definition) is 2. The van der Waals surface area contributed by atoms with E-state index in [0.29, 0.717) is 0 Å². The van der Waals surface area contributed by atoms with Gasteiger partial charge in [0.1, 0.15) is 0 Å². The first kappa shape index (κ1) is 19.7. The van der Waals surface area contributed by atoms with Crippen LogP contribution in [0.1, 0.15) is 44.5 Å². The van der Waals surface area contributed by atoms with E-state index in [1.54, 1.807) is 0 Å². The molecule has 2 aliphatic carbocycles. The van der Waals surface area contributed by atoms with E-state index < -0.39 is 0 Å². The zero-order chi connectivity index (χ0) is 24.0. The summed E-state index contributed by atoms with van der Waals surface area (Å²) in [7, 11) is 0. The topological polar surface area (TPSA) is 31.6 Å². The highest BCUT2D eigenvalue weighted by Crippen LogP contribution is 2.59. The predicted octanol–water partition coefficient (Wildman–Crippen LogP) is 8.51. The summed E-state index contributed by atoms with van der Waals surface area (Å²) < 4.78 is 0. The van der Waals surface area contributed by atoms with E-state index in [9.17, 15) is 0 Å². The number of aromatic amines is 2. The minimum absolute atomic E-state index is 1.17. The maximum atomic E-state index is 3.53. The first-order valence-corrected chi connectivity index (χ1v) is 12.5. The van der Waals surface area contributed by atoms with Crippen molar-refractivity contribution in [2.24, 2.45) is 0 Å². The molecule has 170 valence electrons. The molecule has 0 saturated carbocycles. The molecular weight excluding hydrogens is 436 g/mol. The molecule has 0 amide bonds. The summed E-state index contributed by atoms with van der Waals surface area (Å²) in [5.41, 5.74) is 18.1. The molecule has 0 fully saturated rings. The Morgan fingerprint density at radius 3 is 1.33 bits per heavy atom. The first-order chi connectivity index (χ1) is 17.7. The van der Waals surface area contributed by atoms with Crippen LogP contribution in [0.4, 0.5) is 0 Å². The van der Waals surface area contributed by atoms with Gasteiger partial charge in [0.25, 0.3) is 0 Å². The van der Waals surface area contributed by atoms with Crippen LogP contribution in [-0.2, 0) is 0 Å². The van der Waals surface area contributed by atoms with Gasteiger partial charge < -0.3 is 9.97 Å². The van der Waals surface area contributed by atoms with Crippen LogP contribution in [0.25, 0.3) is 44.1 Å². The van der Waals surface area contributed by atoms with Crippen molar-refractivity contribution < 1.29 is 0 Å². The number of allylic oxidation sites excluding steroid dienone is 2. The van der Waals surface area contributed by atoms with Gasteiger partial charge in [-0.3, -0.25) is 0 Å². The second-order valence-corrected chi connectivity index (χ2v) is 10.1. The largest absolute Gasteiger partial charge is 0.361 e. The minimum Gasteiger partial charge on any atom is -0.361 e. The number of fused-ring (bicyclic) bond motifs is 7. The molecule has 0 atom stereocenters. The van der Waals surface area contributed by atoms with Gasteiger partial charge in [0.2, 0.25) is 0 Å². The lowest BCUT2D eigenvalue weighted by atomic mass is 9.90. The van der Waals surface area contributed by atoms with Crippen LogP contribution in [0.15, 0.2) is 97.3 Å². The highest BCUT2D eigenvalue weighted by atomic mass is 14.7. The summed E-state index contributed by atoms with van der Waals surface area (Å²) in [6.07, 6.45) is 4.39. The highest BCUT2D eigenvalue weighted by Gasteiger charge is 2.38. The number of aromatic nitrogens is 2. The van der Waals surface area contributed by atoms with E-state index >= 15 is 0 Å². The molecule has 4 aromatic carbocycles. The predicted molar refractivity (Wildman–Crippen MR) is 151 cm³/mol. The lowest BCUT2D eigenvalue weighted by Gasteiger charge is -2.12. The molecule has 0 radical (unpaired) electrons. The van der Waals surface area contributed by atoms with Gasteiger partial charge in [0.15, 0.2) is 0 Å². The summed E-state index contributed by atoms with van der Waals surface area (Å²) in [5.74, 6) is 0. The van der Waals surface area contributed by atoms with Crippen molar-refractivity contribution in [1.29, 1.82) is 0 Å². The summed E-state index contributed by atoms with van der Waals surface area (Å²) in [5, 5.41) is 2.53. The molecule has 0 bridgehead atoms. The van der Waals surface area contributed by atoms with E-state index in [2.05, 4.69) is 121 Å². The Hall–Kier alpha value is -4.56. The van der Waals surface area contributed by atoms with Crippen molar-refractivity contribution in [3.8, 4) is 0 Å². The zero-order valence-corrected chi connectivity index (χ0v) is 20.2. The third-order valence-corrected chi connectivity index (χ3v) is 7.89. The van der Waals surface area contributed by atoms with Gasteiger partial charge in [-0.25, -0.2) is 0 Å². The molecule has 2 aliphatic rings. The standard InChI is InChI=1S/C34H24N2/c1-19-11-13-23-25(15-19)31(27-17-35-29-9-5-3-7-21(27)29)34-24-14-12-20(2)16-26(24)32(33(23)34)28-18-36-30-10-6-4-8-22(28)30/h3-18,35-36H,1-2H3. The molecule has 6 aromatic rings. The molecule has 0 unspecified atom stereocenters. The zero-order valence-electron chi connectivity index (χ0n) is 20.2. The first-order valence-electron chi connectivity index (χ1n) is 12.5. The van der Waals surface area contributed by atoms with Crippen molar-refractivity contribution in [1.82, 2.24) is 9.97 Å². The van der Waals surface area contributed by atoms with Crippen LogP contribution < -0.4 is 0 Å². The fourth-order valence-corrected chi connectivity index (χ4v) is 6.34. The second-order valence-electron chi connectivity index (χ2n) is 10.1. The summed E-state index contributed by atoms with van der Waals surface area (Å²) >= 11 is 0. The fourth-order valence-electron chi connectivity index (χ4n) is 6.34. The van der Waals surface area contributed by atoms with Crippen LogP contribution in [0, 0.1) is 13.8 Å². The van der Waals surface area contributed by atoms with Crippen LogP contribution in [0.3, 0.4) is 0 Å². The van der Waals surface area contributed by atoms with E-state index in [1.165, 1.54) is 88.6 Å². The van der Waals surface area contributed by atoms with E-state index in [4.69, 9.17) is 0 Å². The Bertz CT molecular complexity index is 1810. The van der Waals surface area contributed by atoms with E-state index in [-0.39, 0.29) is 0 Å². The quantitative estimate of drug-likeness (QED) is 0.260. The van der Waals surface area contributed by atoms with Gasteiger partial charge in [-0.15, -0.1) is 0 Å². The number of hydrogen-bond acceptors (Lipinski definition) is 0. The Morgan fingerprint density at radius 2 is 0.861 bits per heavy atom. The number of H-pyrrole nitrogens is 2. The van der Waals surface area contributed by atoms with Gasteiger partial charge in [0.05, 0.1) is 0 Å². The SMILES string of the molecule is Cc1ccc2c(c1)C(c1c[nH]c3ccccc13)=C1C2=C(c2c[nH]c3ccccc23)c2cc(C)ccc21. The maximum Gasteiger partial charge on any atom is 0.0460 e. The van der Waals surface area contributed by atoms with Crippen molar-refractivity contribution in [3.05, 3.63) is 142 Å². The van der Waals surface area contributed by atoms with Gasteiger partial charge in [-0.05, 0) is 59.4 Å². The summed E-state index contributed by atoms with van der Waals surface area (Å²) in [4.78, 5) is 7.06. The van der Waals surface area contributed by atoms with Gasteiger partial charge in [-0.1, -0.05) is 83.9 Å². The lowest BCUT2D eigenvalue weighted by Crippen LogP contribution is -1.93. The molecular formula is C34H24N2. The smallest absolute Gasteiger partial charge is 0.0460 e. The van der Waals surface area contributed by atoms with Crippen molar-refractivity contribution in [3.63, 3.8) is 0 Å². The Morgan fingerprint density at radius 1 is 0.417 bits per heavy atom. The fraction of sp³-hybridized carbons (Fsp3) is 0.0588. The Balaban J connectivity index is 1.56. The molecule has 2 N–H and O–H groups in total. The Labute approximate surface area is 209 Å². The van der Waals surface area contributed by atoms with Crippen molar-refractivity contribution >= 4 is 44.1 Å². The normalized spacial score (nSPS) is 14.2.